The number of fused-ring (bicyclic) bond motifs is 3. The van der Waals surface area contributed by atoms with Crippen LogP contribution in [-0.2, 0) is 9.59 Å². The quantitative estimate of drug-likeness (QED) is 0.150. The lowest BCUT2D eigenvalue weighted by Crippen LogP contribution is -2.30. The number of halogens is 1. The number of ether oxygens (including phenoxy) is 1. The third-order valence-corrected chi connectivity index (χ3v) is 7.30. The number of nitrogens with one attached hydrogen (secondary N) is 2. The molecule has 1 aromatic heterocycles. The summed E-state index contributed by atoms with van der Waals surface area (Å²) < 4.78 is 7.98. The Morgan fingerprint density at radius 2 is 1.84 bits per heavy atom. The van der Waals surface area contributed by atoms with Gasteiger partial charge in [-0.3, -0.25) is 19.1 Å². The summed E-state index contributed by atoms with van der Waals surface area (Å²) in [5.74, 6) is 1.46. The highest BCUT2D eigenvalue weighted by Gasteiger charge is 2.30. The number of hydrogen-bond acceptors (Lipinski definition) is 8. The molecule has 0 fully saturated rings. The largest absolute Gasteiger partial charge is 0.494 e. The average molecular weight is 615 g/mol. The Morgan fingerprint density at radius 1 is 1.05 bits per heavy atom. The predicted octanol–water partition coefficient (Wildman–Crippen LogP) is 3.12. The van der Waals surface area contributed by atoms with Gasteiger partial charge in [0, 0.05) is 34.8 Å². The molecule has 4 aromatic rings. The lowest BCUT2D eigenvalue weighted by atomic mass is 9.80. The van der Waals surface area contributed by atoms with E-state index in [1.54, 1.807) is 30.3 Å². The Hall–Kier alpha value is -4.52. The van der Waals surface area contributed by atoms with Crippen molar-refractivity contribution in [1.82, 2.24) is 20.1 Å². The molecular formula is C31H32BClN6O5. The lowest BCUT2D eigenvalue weighted by molar-refractivity contribution is -0.121. The van der Waals surface area contributed by atoms with Crippen molar-refractivity contribution in [2.45, 2.75) is 39.2 Å². The van der Waals surface area contributed by atoms with Crippen molar-refractivity contribution in [1.29, 1.82) is 0 Å². The highest BCUT2D eigenvalue weighted by Crippen LogP contribution is 2.34. The van der Waals surface area contributed by atoms with E-state index in [0.29, 0.717) is 52.2 Å². The van der Waals surface area contributed by atoms with E-state index < -0.39 is 13.2 Å². The van der Waals surface area contributed by atoms with E-state index in [4.69, 9.17) is 21.3 Å². The second-order valence-electron chi connectivity index (χ2n) is 10.3. The second kappa shape index (κ2) is 13.9. The molecule has 5 rings (SSSR count). The van der Waals surface area contributed by atoms with E-state index >= 15 is 0 Å². The molecule has 4 N–H and O–H groups in total. The van der Waals surface area contributed by atoms with Crippen molar-refractivity contribution < 1.29 is 24.4 Å². The van der Waals surface area contributed by atoms with Gasteiger partial charge in [-0.15, -0.1) is 10.2 Å². The first kappa shape index (κ1) is 30.9. The maximum atomic E-state index is 12.7. The van der Waals surface area contributed by atoms with Gasteiger partial charge < -0.3 is 25.4 Å². The highest BCUT2D eigenvalue weighted by molar-refractivity contribution is 6.58. The molecule has 2 heterocycles. The first-order valence-electron chi connectivity index (χ1n) is 14.3. The molecule has 1 aliphatic heterocycles. The number of hydrogen-bond donors (Lipinski definition) is 4. The normalized spacial score (nSPS) is 13.7. The van der Waals surface area contributed by atoms with Gasteiger partial charge >= 0.3 is 7.12 Å². The smallest absolute Gasteiger partial charge is 0.488 e. The monoisotopic (exact) mass is 614 g/mol. The number of benzene rings is 3. The zero-order valence-corrected chi connectivity index (χ0v) is 25.1. The first-order chi connectivity index (χ1) is 21.2. The molecule has 2 amide bonds. The predicted molar refractivity (Wildman–Crippen MR) is 169 cm³/mol. The van der Waals surface area contributed by atoms with Gasteiger partial charge in [-0.05, 0) is 68.2 Å². The number of carbonyl (C=O) groups excluding carboxylic acids is 2. The van der Waals surface area contributed by atoms with Gasteiger partial charge in [-0.2, -0.15) is 0 Å². The van der Waals surface area contributed by atoms with E-state index in [1.165, 1.54) is 6.07 Å². The zero-order chi connectivity index (χ0) is 31.2. The second-order valence-corrected chi connectivity index (χ2v) is 10.7. The minimum Gasteiger partial charge on any atom is -0.494 e. The summed E-state index contributed by atoms with van der Waals surface area (Å²) >= 11 is 6.19. The number of amides is 2. The highest BCUT2D eigenvalue weighted by atomic mass is 35.5. The molecule has 0 spiro atoms. The fourth-order valence-electron chi connectivity index (χ4n) is 5.01. The van der Waals surface area contributed by atoms with Crippen LogP contribution in [0, 0.1) is 6.92 Å². The van der Waals surface area contributed by atoms with E-state index in [2.05, 4.69) is 20.8 Å². The average Bonchev–Trinajstić information content (AvgIpc) is 3.33. The molecule has 1 aliphatic rings. The van der Waals surface area contributed by atoms with Gasteiger partial charge in [-0.1, -0.05) is 35.9 Å². The summed E-state index contributed by atoms with van der Waals surface area (Å²) in [6, 6.07) is 18.8. The van der Waals surface area contributed by atoms with Crippen LogP contribution in [0.2, 0.25) is 5.02 Å². The standard InChI is InChI=1S/C31H32BClN6O5/c1-3-34-29(41)18-26-31-38-37-19(2)39(31)27-14-13-24(17-25(27)30(36-26)20-9-11-22(33)12-10-20)44-15-5-8-28(40)35-23-7-4-6-21(16-23)32(42)43/h4,6-7,9-14,16-17,26,42-43H,3,5,8,15,18H2,1-2H3,(H,34,41)(H,35,40)/t26-/m0/s1. The van der Waals surface area contributed by atoms with E-state index in [0.717, 1.165) is 16.8 Å². The van der Waals surface area contributed by atoms with Crippen LogP contribution in [0.4, 0.5) is 5.69 Å². The van der Waals surface area contributed by atoms with Crippen molar-refractivity contribution >= 4 is 47.4 Å². The summed E-state index contributed by atoms with van der Waals surface area (Å²) in [7, 11) is -1.61. The van der Waals surface area contributed by atoms with Gasteiger partial charge in [-0.25, -0.2) is 0 Å². The van der Waals surface area contributed by atoms with Gasteiger partial charge in [0.25, 0.3) is 0 Å². The van der Waals surface area contributed by atoms with Crippen molar-refractivity contribution in [3.63, 3.8) is 0 Å². The van der Waals surface area contributed by atoms with Crippen LogP contribution in [-0.4, -0.2) is 62.6 Å². The Kier molecular flexibility index (Phi) is 9.74. The summed E-state index contributed by atoms with van der Waals surface area (Å²) in [5, 5.41) is 33.6. The van der Waals surface area contributed by atoms with Crippen LogP contribution in [0.15, 0.2) is 71.7 Å². The van der Waals surface area contributed by atoms with Crippen LogP contribution >= 0.6 is 11.6 Å². The van der Waals surface area contributed by atoms with Gasteiger partial charge in [0.2, 0.25) is 11.8 Å². The molecule has 11 nitrogen and oxygen atoms in total. The minimum atomic E-state index is -1.61. The third-order valence-electron chi connectivity index (χ3n) is 7.05. The molecule has 0 unspecified atom stereocenters. The molecule has 0 radical (unpaired) electrons. The number of aromatic nitrogens is 3. The Morgan fingerprint density at radius 3 is 2.59 bits per heavy atom. The molecule has 44 heavy (non-hydrogen) atoms. The number of carbonyl (C=O) groups is 2. The van der Waals surface area contributed by atoms with Gasteiger partial charge in [0.15, 0.2) is 5.82 Å². The number of nitrogens with zero attached hydrogens (tertiary/aromatic N) is 4. The Bertz CT molecular complexity index is 1690. The van der Waals surface area contributed by atoms with E-state index in [9.17, 15) is 19.6 Å². The van der Waals surface area contributed by atoms with E-state index in [-0.39, 0.29) is 31.3 Å². The minimum absolute atomic E-state index is 0.105. The molecule has 226 valence electrons. The Balaban J connectivity index is 1.37. The number of anilines is 1. The van der Waals surface area contributed by atoms with Crippen LogP contribution in [0.3, 0.4) is 0 Å². The molecule has 13 heteroatoms. The fourth-order valence-corrected chi connectivity index (χ4v) is 5.13. The van der Waals surface area contributed by atoms with Crippen LogP contribution in [0.5, 0.6) is 5.75 Å². The summed E-state index contributed by atoms with van der Waals surface area (Å²) in [6.07, 6.45) is 0.763. The maximum absolute atomic E-state index is 12.7. The van der Waals surface area contributed by atoms with Crippen LogP contribution in [0.1, 0.15) is 55.0 Å². The number of aliphatic imine (C=N–C) groups is 1. The van der Waals surface area contributed by atoms with Crippen LogP contribution in [0.25, 0.3) is 5.69 Å². The lowest BCUT2D eigenvalue weighted by Gasteiger charge is -2.15. The third kappa shape index (κ3) is 7.16. The molecule has 3 aromatic carbocycles. The fraction of sp³-hybridized carbons (Fsp3) is 0.258. The SMILES string of the molecule is CCNC(=O)C[C@@H]1N=C(c2ccc(Cl)cc2)c2cc(OCCCC(=O)Nc3cccc(B(O)O)c3)ccc2-n2c(C)nnc21. The summed E-state index contributed by atoms with van der Waals surface area (Å²) in [4.78, 5) is 30.2. The topological polar surface area (TPSA) is 151 Å². The van der Waals surface area contributed by atoms with Crippen molar-refractivity contribution in [2.75, 3.05) is 18.5 Å². The van der Waals surface area contributed by atoms with Crippen molar-refractivity contribution in [2.24, 2.45) is 4.99 Å². The Labute approximate surface area is 260 Å². The number of aryl methyl sites for hydroxylation is 1. The van der Waals surface area contributed by atoms with Crippen LogP contribution < -0.4 is 20.8 Å². The van der Waals surface area contributed by atoms with Gasteiger partial charge in [0.1, 0.15) is 17.6 Å². The molecule has 0 saturated carbocycles. The molecular weight excluding hydrogens is 583 g/mol. The van der Waals surface area contributed by atoms with Crippen molar-refractivity contribution in [3.05, 3.63) is 94.5 Å². The van der Waals surface area contributed by atoms with E-state index in [1.807, 2.05) is 48.7 Å². The number of rotatable bonds is 11. The maximum Gasteiger partial charge on any atom is 0.488 e. The molecule has 0 bridgehead atoms. The van der Waals surface area contributed by atoms with Crippen molar-refractivity contribution in [3.8, 4) is 11.4 Å². The first-order valence-corrected chi connectivity index (χ1v) is 14.7. The molecule has 0 saturated heterocycles. The van der Waals surface area contributed by atoms with Gasteiger partial charge in [0.05, 0.1) is 24.4 Å². The molecule has 0 aliphatic carbocycles. The molecule has 1 atom stereocenters. The summed E-state index contributed by atoms with van der Waals surface area (Å²) in [6.45, 7) is 4.52. The summed E-state index contributed by atoms with van der Waals surface area (Å²) in [5.41, 5.74) is 3.83. The zero-order valence-electron chi connectivity index (χ0n) is 24.3.